The van der Waals surface area contributed by atoms with E-state index in [1.165, 1.54) is 11.8 Å². The summed E-state index contributed by atoms with van der Waals surface area (Å²) < 4.78 is 0. The summed E-state index contributed by atoms with van der Waals surface area (Å²) in [5, 5.41) is 9.34. The van der Waals surface area contributed by atoms with E-state index >= 15 is 0 Å². The first kappa shape index (κ1) is 11.2. The first-order valence-corrected chi connectivity index (χ1v) is 5.55. The lowest BCUT2D eigenvalue weighted by Gasteiger charge is -2.09. The van der Waals surface area contributed by atoms with Crippen molar-refractivity contribution in [3.63, 3.8) is 0 Å². The van der Waals surface area contributed by atoms with Crippen molar-refractivity contribution < 1.29 is 0 Å². The van der Waals surface area contributed by atoms with E-state index in [4.69, 9.17) is 22.6 Å². The molecule has 74 valence electrons. The second kappa shape index (κ2) is 5.14. The second-order valence-electron chi connectivity index (χ2n) is 2.80. The molecule has 1 rings (SSSR count). The van der Waals surface area contributed by atoms with Gasteiger partial charge in [0.05, 0.1) is 21.2 Å². The highest BCUT2D eigenvalue weighted by Crippen LogP contribution is 2.35. The molecule has 0 radical (unpaired) electrons. The lowest BCUT2D eigenvalue weighted by molar-refractivity contribution is 0.985. The molecule has 0 bridgehead atoms. The maximum atomic E-state index is 8.81. The molecule has 1 aromatic rings. The average Bonchev–Trinajstić information content (AvgIpc) is 2.18. The molecular formula is C10H11ClN2S. The van der Waals surface area contributed by atoms with Gasteiger partial charge in [-0.3, -0.25) is 0 Å². The molecule has 2 N–H and O–H groups in total. The van der Waals surface area contributed by atoms with Crippen molar-refractivity contribution in [3.05, 3.63) is 23.2 Å². The number of nitrogens with zero attached hydrogens (tertiary/aromatic N) is 1. The number of halogens is 1. The topological polar surface area (TPSA) is 49.8 Å². The summed E-state index contributed by atoms with van der Waals surface area (Å²) in [5.74, 6) is 0. The van der Waals surface area contributed by atoms with Gasteiger partial charge in [0.1, 0.15) is 0 Å². The molecule has 1 atom stereocenters. The van der Waals surface area contributed by atoms with E-state index in [9.17, 15) is 0 Å². The molecule has 0 aliphatic carbocycles. The highest BCUT2D eigenvalue weighted by atomic mass is 35.5. The highest BCUT2D eigenvalue weighted by Gasteiger charge is 2.11. The Kier molecular flexibility index (Phi) is 4.12. The minimum absolute atomic E-state index is 0.0859. The molecular weight excluding hydrogens is 216 g/mol. The molecule has 4 heteroatoms. The lowest BCUT2D eigenvalue weighted by atomic mass is 10.3. The fourth-order valence-electron chi connectivity index (χ4n) is 0.993. The third-order valence-electron chi connectivity index (χ3n) is 1.77. The van der Waals surface area contributed by atoms with Gasteiger partial charge in [0, 0.05) is 5.69 Å². The van der Waals surface area contributed by atoms with Crippen LogP contribution >= 0.6 is 23.4 Å². The number of hydrogen-bond donors (Lipinski definition) is 1. The van der Waals surface area contributed by atoms with Gasteiger partial charge in [0.25, 0.3) is 0 Å². The number of nitrogen functional groups attached to an aromatic ring is 1. The third kappa shape index (κ3) is 2.57. The Bertz CT molecular complexity index is 339. The molecule has 0 amide bonds. The zero-order valence-corrected chi connectivity index (χ0v) is 9.40. The van der Waals surface area contributed by atoms with Crippen LogP contribution in [0.15, 0.2) is 23.1 Å². The molecule has 0 aliphatic rings. The maximum absolute atomic E-state index is 8.81. The van der Waals surface area contributed by atoms with Crippen molar-refractivity contribution in [2.45, 2.75) is 23.5 Å². The van der Waals surface area contributed by atoms with E-state index in [-0.39, 0.29) is 5.25 Å². The second-order valence-corrected chi connectivity index (χ2v) is 4.42. The van der Waals surface area contributed by atoms with Gasteiger partial charge in [-0.15, -0.1) is 11.8 Å². The number of nitriles is 1. The van der Waals surface area contributed by atoms with Gasteiger partial charge < -0.3 is 5.73 Å². The molecule has 0 aliphatic heterocycles. The van der Waals surface area contributed by atoms with E-state index < -0.39 is 0 Å². The summed E-state index contributed by atoms with van der Waals surface area (Å²) in [6.07, 6.45) is 0.784. The van der Waals surface area contributed by atoms with Crippen molar-refractivity contribution in [1.29, 1.82) is 5.26 Å². The summed E-state index contributed by atoms with van der Waals surface area (Å²) in [6, 6.07) is 7.58. The van der Waals surface area contributed by atoms with Gasteiger partial charge >= 0.3 is 0 Å². The van der Waals surface area contributed by atoms with Crippen LogP contribution in [-0.2, 0) is 0 Å². The van der Waals surface area contributed by atoms with Crippen LogP contribution in [0.4, 0.5) is 5.69 Å². The van der Waals surface area contributed by atoms with Crippen molar-refractivity contribution >= 4 is 29.1 Å². The average molecular weight is 227 g/mol. The SMILES string of the molecule is CCC(C#N)Sc1c(N)cccc1Cl. The molecule has 0 spiro atoms. The van der Waals surface area contributed by atoms with Crippen LogP contribution in [0.1, 0.15) is 13.3 Å². The minimum Gasteiger partial charge on any atom is -0.398 e. The standard InChI is InChI=1S/C10H11ClN2S/c1-2-7(6-12)14-10-8(11)4-3-5-9(10)13/h3-5,7H,2,13H2,1H3. The largest absolute Gasteiger partial charge is 0.398 e. The zero-order chi connectivity index (χ0) is 10.6. The van der Waals surface area contributed by atoms with E-state index in [0.717, 1.165) is 11.3 Å². The fraction of sp³-hybridized carbons (Fsp3) is 0.300. The maximum Gasteiger partial charge on any atom is 0.0962 e. The van der Waals surface area contributed by atoms with Gasteiger partial charge in [-0.1, -0.05) is 24.6 Å². The molecule has 0 aromatic heterocycles. The Hall–Kier alpha value is -0.850. The highest BCUT2D eigenvalue weighted by molar-refractivity contribution is 8.00. The Morgan fingerprint density at radius 3 is 2.86 bits per heavy atom. The smallest absolute Gasteiger partial charge is 0.0962 e. The predicted molar refractivity (Wildman–Crippen MR) is 61.4 cm³/mol. The van der Waals surface area contributed by atoms with Crippen LogP contribution in [0.25, 0.3) is 0 Å². The molecule has 0 heterocycles. The summed E-state index contributed by atoms with van der Waals surface area (Å²) in [7, 11) is 0. The molecule has 0 fully saturated rings. The van der Waals surface area contributed by atoms with Crippen molar-refractivity contribution in [3.8, 4) is 6.07 Å². The van der Waals surface area contributed by atoms with Crippen molar-refractivity contribution in [2.24, 2.45) is 0 Å². The normalized spacial score (nSPS) is 12.1. The first-order valence-electron chi connectivity index (χ1n) is 4.29. The van der Waals surface area contributed by atoms with Gasteiger partial charge in [-0.05, 0) is 18.6 Å². The van der Waals surface area contributed by atoms with Crippen molar-refractivity contribution in [1.82, 2.24) is 0 Å². The minimum atomic E-state index is -0.0859. The monoisotopic (exact) mass is 226 g/mol. The molecule has 14 heavy (non-hydrogen) atoms. The number of benzene rings is 1. The number of thioether (sulfide) groups is 1. The molecule has 2 nitrogen and oxygen atoms in total. The summed E-state index contributed by atoms with van der Waals surface area (Å²) in [4.78, 5) is 0.808. The molecule has 0 saturated carbocycles. The van der Waals surface area contributed by atoms with Crippen LogP contribution in [0, 0.1) is 11.3 Å². The van der Waals surface area contributed by atoms with E-state index in [1.807, 2.05) is 6.92 Å². The van der Waals surface area contributed by atoms with E-state index in [0.29, 0.717) is 10.7 Å². The Labute approximate surface area is 93.1 Å². The zero-order valence-electron chi connectivity index (χ0n) is 7.83. The van der Waals surface area contributed by atoms with Gasteiger partial charge in [0.2, 0.25) is 0 Å². The van der Waals surface area contributed by atoms with Gasteiger partial charge in [0.15, 0.2) is 0 Å². The summed E-state index contributed by atoms with van der Waals surface area (Å²) in [5.41, 5.74) is 6.40. The first-order chi connectivity index (χ1) is 6.69. The summed E-state index contributed by atoms with van der Waals surface area (Å²) >= 11 is 7.40. The fourth-order valence-corrected chi connectivity index (χ4v) is 2.20. The van der Waals surface area contributed by atoms with Gasteiger partial charge in [-0.25, -0.2) is 0 Å². The van der Waals surface area contributed by atoms with Crippen LogP contribution in [-0.4, -0.2) is 5.25 Å². The number of anilines is 1. The molecule has 0 saturated heterocycles. The number of rotatable bonds is 3. The Morgan fingerprint density at radius 2 is 2.36 bits per heavy atom. The predicted octanol–water partition coefficient (Wildman–Crippen LogP) is 3.32. The van der Waals surface area contributed by atoms with Gasteiger partial charge in [-0.2, -0.15) is 5.26 Å². The van der Waals surface area contributed by atoms with Crippen LogP contribution in [0.5, 0.6) is 0 Å². The van der Waals surface area contributed by atoms with Crippen LogP contribution in [0.2, 0.25) is 5.02 Å². The molecule has 1 aromatic carbocycles. The Morgan fingerprint density at radius 1 is 1.64 bits per heavy atom. The number of nitrogens with two attached hydrogens (primary N) is 1. The summed E-state index contributed by atoms with van der Waals surface area (Å²) in [6.45, 7) is 1.97. The van der Waals surface area contributed by atoms with Crippen LogP contribution in [0.3, 0.4) is 0 Å². The van der Waals surface area contributed by atoms with E-state index in [1.54, 1.807) is 18.2 Å². The quantitative estimate of drug-likeness (QED) is 0.636. The van der Waals surface area contributed by atoms with E-state index in [2.05, 4.69) is 6.07 Å². The van der Waals surface area contributed by atoms with Crippen molar-refractivity contribution in [2.75, 3.05) is 5.73 Å². The number of hydrogen-bond acceptors (Lipinski definition) is 3. The Balaban J connectivity index is 2.91. The molecule has 1 unspecified atom stereocenters. The lowest BCUT2D eigenvalue weighted by Crippen LogP contribution is -1.98. The van der Waals surface area contributed by atoms with Crippen LogP contribution < -0.4 is 5.73 Å². The third-order valence-corrected chi connectivity index (χ3v) is 3.61.